The molecule has 0 fully saturated rings. The maximum Gasteiger partial charge on any atom is 0.121 e. The Labute approximate surface area is 98.0 Å². The zero-order valence-electron chi connectivity index (χ0n) is 10.0. The summed E-state index contributed by atoms with van der Waals surface area (Å²) in [5, 5.41) is 3.08. The predicted octanol–water partition coefficient (Wildman–Crippen LogP) is 3.30. The molecule has 0 aromatic heterocycles. The van der Waals surface area contributed by atoms with Gasteiger partial charge in [0.25, 0.3) is 0 Å². The van der Waals surface area contributed by atoms with Crippen molar-refractivity contribution >= 4 is 5.69 Å². The minimum atomic E-state index is 0.657. The first-order chi connectivity index (χ1) is 7.86. The van der Waals surface area contributed by atoms with E-state index >= 15 is 0 Å². The maximum absolute atomic E-state index is 5.59. The molecule has 0 bridgehead atoms. The molecule has 1 rings (SSSR count). The summed E-state index contributed by atoms with van der Waals surface area (Å²) in [5.41, 5.74) is 1.06. The van der Waals surface area contributed by atoms with Gasteiger partial charge in [-0.25, -0.2) is 0 Å². The number of ether oxygens (including phenoxy) is 1. The van der Waals surface area contributed by atoms with Crippen molar-refractivity contribution in [2.45, 2.75) is 26.2 Å². The summed E-state index contributed by atoms with van der Waals surface area (Å²) in [6, 6.07) is 7.93. The largest absolute Gasteiger partial charge is 0.493 e. The lowest BCUT2D eigenvalue weighted by Gasteiger charge is -2.05. The Morgan fingerprint density at radius 1 is 1.25 bits per heavy atom. The van der Waals surface area contributed by atoms with E-state index in [-0.39, 0.29) is 0 Å². The third-order valence-corrected chi connectivity index (χ3v) is 2.12. The van der Waals surface area contributed by atoms with E-state index in [0.29, 0.717) is 6.61 Å². The van der Waals surface area contributed by atoms with Crippen LogP contribution in [0.3, 0.4) is 0 Å². The second-order valence-corrected chi connectivity index (χ2v) is 3.48. The molecule has 0 atom stereocenters. The number of anilines is 1. The van der Waals surface area contributed by atoms with Gasteiger partial charge in [-0.3, -0.25) is 0 Å². The monoisotopic (exact) mass is 217 g/mol. The van der Waals surface area contributed by atoms with E-state index in [0.717, 1.165) is 30.7 Å². The van der Waals surface area contributed by atoms with Crippen molar-refractivity contribution in [1.82, 2.24) is 0 Å². The average Bonchev–Trinajstić information content (AvgIpc) is 2.34. The highest BCUT2D eigenvalue weighted by atomic mass is 16.5. The van der Waals surface area contributed by atoms with Gasteiger partial charge in [0.2, 0.25) is 0 Å². The lowest BCUT2D eigenvalue weighted by molar-refractivity contribution is 0.327. The Balaban J connectivity index is 2.29. The fourth-order valence-electron chi connectivity index (χ4n) is 1.26. The molecule has 0 spiro atoms. The number of hydrogen-bond acceptors (Lipinski definition) is 2. The van der Waals surface area contributed by atoms with Gasteiger partial charge in [0, 0.05) is 31.6 Å². The van der Waals surface area contributed by atoms with Crippen LogP contribution in [0.5, 0.6) is 5.75 Å². The molecule has 1 aromatic carbocycles. The van der Waals surface area contributed by atoms with Crippen LogP contribution in [0, 0.1) is 11.8 Å². The number of hydrogen-bond donors (Lipinski definition) is 1. The van der Waals surface area contributed by atoms with Gasteiger partial charge in [0.15, 0.2) is 0 Å². The third kappa shape index (κ3) is 4.75. The van der Waals surface area contributed by atoms with E-state index in [1.165, 1.54) is 0 Å². The first-order valence-corrected chi connectivity index (χ1v) is 5.73. The van der Waals surface area contributed by atoms with Crippen LogP contribution in [0.25, 0.3) is 0 Å². The fraction of sp³-hybridized carbons (Fsp3) is 0.429. The summed E-state index contributed by atoms with van der Waals surface area (Å²) in [5.74, 6) is 7.09. The zero-order valence-corrected chi connectivity index (χ0v) is 10.0. The van der Waals surface area contributed by atoms with Crippen LogP contribution < -0.4 is 10.1 Å². The molecule has 0 aliphatic carbocycles. The van der Waals surface area contributed by atoms with Crippen LogP contribution in [0.1, 0.15) is 26.2 Å². The van der Waals surface area contributed by atoms with Gasteiger partial charge in [-0.2, -0.15) is 0 Å². The number of rotatable bonds is 5. The molecule has 0 saturated carbocycles. The highest BCUT2D eigenvalue weighted by Crippen LogP contribution is 2.16. The highest BCUT2D eigenvalue weighted by molar-refractivity contribution is 5.47. The Morgan fingerprint density at radius 2 is 2.06 bits per heavy atom. The van der Waals surface area contributed by atoms with Crippen LogP contribution in [0.15, 0.2) is 24.3 Å². The highest BCUT2D eigenvalue weighted by Gasteiger charge is 1.93. The number of unbranched alkanes of at least 4 members (excludes halogenated alkanes) is 1. The van der Waals surface area contributed by atoms with Crippen molar-refractivity contribution in [2.24, 2.45) is 0 Å². The Hall–Kier alpha value is -1.62. The van der Waals surface area contributed by atoms with Crippen molar-refractivity contribution in [3.63, 3.8) is 0 Å². The molecule has 0 aliphatic rings. The molecule has 86 valence electrons. The van der Waals surface area contributed by atoms with Crippen LogP contribution in [-0.4, -0.2) is 13.7 Å². The van der Waals surface area contributed by atoms with E-state index in [1.807, 2.05) is 31.3 Å². The molecule has 0 heterocycles. The first kappa shape index (κ1) is 12.4. The average molecular weight is 217 g/mol. The van der Waals surface area contributed by atoms with E-state index in [2.05, 4.69) is 24.1 Å². The van der Waals surface area contributed by atoms with Crippen molar-refractivity contribution in [3.05, 3.63) is 24.3 Å². The van der Waals surface area contributed by atoms with Crippen LogP contribution in [-0.2, 0) is 0 Å². The van der Waals surface area contributed by atoms with Gasteiger partial charge in [-0.15, -0.1) is 5.92 Å². The summed E-state index contributed by atoms with van der Waals surface area (Å²) in [7, 11) is 1.90. The summed E-state index contributed by atoms with van der Waals surface area (Å²) >= 11 is 0. The lowest BCUT2D eigenvalue weighted by Crippen LogP contribution is -1.96. The zero-order chi connectivity index (χ0) is 11.6. The fourth-order valence-corrected chi connectivity index (χ4v) is 1.26. The number of nitrogens with one attached hydrogen (secondary N) is 1. The summed E-state index contributed by atoms with van der Waals surface area (Å²) in [6.07, 6.45) is 2.90. The normalized spacial score (nSPS) is 9.12. The van der Waals surface area contributed by atoms with Crippen LogP contribution in [0.4, 0.5) is 5.69 Å². The molecule has 0 saturated heterocycles. The van der Waals surface area contributed by atoms with Crippen LogP contribution in [0.2, 0.25) is 0 Å². The minimum Gasteiger partial charge on any atom is -0.493 e. The van der Waals surface area contributed by atoms with Gasteiger partial charge < -0.3 is 10.1 Å². The summed E-state index contributed by atoms with van der Waals surface area (Å²) in [4.78, 5) is 0. The Morgan fingerprint density at radius 3 is 2.81 bits per heavy atom. The van der Waals surface area contributed by atoms with E-state index in [4.69, 9.17) is 4.74 Å². The van der Waals surface area contributed by atoms with Crippen molar-refractivity contribution < 1.29 is 4.74 Å². The minimum absolute atomic E-state index is 0.657. The molecule has 16 heavy (non-hydrogen) atoms. The van der Waals surface area contributed by atoms with E-state index < -0.39 is 0 Å². The smallest absolute Gasteiger partial charge is 0.121 e. The van der Waals surface area contributed by atoms with E-state index in [1.54, 1.807) is 0 Å². The molecule has 1 N–H and O–H groups in total. The van der Waals surface area contributed by atoms with Gasteiger partial charge in [0.05, 0.1) is 6.61 Å². The van der Waals surface area contributed by atoms with Crippen LogP contribution >= 0.6 is 0 Å². The first-order valence-electron chi connectivity index (χ1n) is 5.73. The van der Waals surface area contributed by atoms with Gasteiger partial charge in [-0.05, 0) is 18.6 Å². The van der Waals surface area contributed by atoms with Crippen molar-refractivity contribution in [3.8, 4) is 17.6 Å². The van der Waals surface area contributed by atoms with Gasteiger partial charge in [-0.1, -0.05) is 18.9 Å². The topological polar surface area (TPSA) is 21.3 Å². The molecule has 2 nitrogen and oxygen atoms in total. The molecule has 0 unspecified atom stereocenters. The Bertz CT molecular complexity index is 362. The second kappa shape index (κ2) is 7.64. The summed E-state index contributed by atoms with van der Waals surface area (Å²) < 4.78 is 5.59. The SMILES string of the molecule is CCCC#CCCOc1cccc(NC)c1. The molecular weight excluding hydrogens is 198 g/mol. The summed E-state index contributed by atoms with van der Waals surface area (Å²) in [6.45, 7) is 2.79. The van der Waals surface area contributed by atoms with E-state index in [9.17, 15) is 0 Å². The third-order valence-electron chi connectivity index (χ3n) is 2.12. The molecule has 0 radical (unpaired) electrons. The molecule has 0 amide bonds. The maximum atomic E-state index is 5.59. The molecular formula is C14H19NO. The molecule has 0 aliphatic heterocycles. The van der Waals surface area contributed by atoms with Crippen molar-refractivity contribution in [1.29, 1.82) is 0 Å². The Kier molecular flexibility index (Phi) is 5.95. The standard InChI is InChI=1S/C14H19NO/c1-3-4-5-6-7-11-16-14-10-8-9-13(12-14)15-2/h8-10,12,15H,3-4,7,11H2,1-2H3. The van der Waals surface area contributed by atoms with Gasteiger partial charge in [0.1, 0.15) is 5.75 Å². The number of benzene rings is 1. The molecule has 1 aromatic rings. The lowest BCUT2D eigenvalue weighted by atomic mass is 10.3. The quantitative estimate of drug-likeness (QED) is 0.603. The predicted molar refractivity (Wildman–Crippen MR) is 68.8 cm³/mol. The van der Waals surface area contributed by atoms with Crippen molar-refractivity contribution in [2.75, 3.05) is 19.0 Å². The molecule has 2 heteroatoms. The van der Waals surface area contributed by atoms with Gasteiger partial charge >= 0.3 is 0 Å². The second-order valence-electron chi connectivity index (χ2n) is 3.48.